The van der Waals surface area contributed by atoms with Crippen molar-refractivity contribution in [2.75, 3.05) is 0 Å². The third kappa shape index (κ3) is 5.30. The third-order valence-electron chi connectivity index (χ3n) is 4.28. The standard InChI is InChI=1S/C22H20ClFN2O2/c1-15(26-22(27)12-19-20(23)5-2-6-21(19)24)17-7-9-18(10-8-17)28-14-16-4-3-11-25-13-16/h2-11,13,15H,12,14H2,1H3,(H,26,27). The number of ether oxygens (including phenoxy) is 1. The first-order valence-electron chi connectivity index (χ1n) is 8.87. The zero-order chi connectivity index (χ0) is 19.9. The van der Waals surface area contributed by atoms with Crippen molar-refractivity contribution >= 4 is 17.5 Å². The molecule has 0 fully saturated rings. The fourth-order valence-corrected chi connectivity index (χ4v) is 2.97. The molecule has 28 heavy (non-hydrogen) atoms. The van der Waals surface area contributed by atoms with E-state index in [2.05, 4.69) is 10.3 Å². The van der Waals surface area contributed by atoms with Gasteiger partial charge in [0, 0.05) is 28.5 Å². The van der Waals surface area contributed by atoms with E-state index in [-0.39, 0.29) is 29.0 Å². The molecule has 1 aromatic heterocycles. The van der Waals surface area contributed by atoms with Crippen LogP contribution < -0.4 is 10.1 Å². The molecule has 6 heteroatoms. The van der Waals surface area contributed by atoms with E-state index < -0.39 is 5.82 Å². The number of hydrogen-bond donors (Lipinski definition) is 1. The van der Waals surface area contributed by atoms with Crippen molar-refractivity contribution < 1.29 is 13.9 Å². The van der Waals surface area contributed by atoms with Crippen LogP contribution in [-0.2, 0) is 17.8 Å². The molecule has 1 N–H and O–H groups in total. The lowest BCUT2D eigenvalue weighted by Crippen LogP contribution is -2.28. The minimum Gasteiger partial charge on any atom is -0.489 e. The summed E-state index contributed by atoms with van der Waals surface area (Å²) in [5.41, 5.74) is 2.11. The lowest BCUT2D eigenvalue weighted by Gasteiger charge is -2.15. The van der Waals surface area contributed by atoms with Crippen molar-refractivity contribution in [2.24, 2.45) is 0 Å². The first-order valence-corrected chi connectivity index (χ1v) is 9.24. The average Bonchev–Trinajstić information content (AvgIpc) is 2.70. The zero-order valence-electron chi connectivity index (χ0n) is 15.4. The first-order chi connectivity index (χ1) is 13.5. The second kappa shape index (κ2) is 9.33. The molecule has 0 spiro atoms. The molecular formula is C22H20ClFN2O2. The van der Waals surface area contributed by atoms with E-state index in [1.54, 1.807) is 18.5 Å². The number of hydrogen-bond acceptors (Lipinski definition) is 3. The Morgan fingerprint density at radius 1 is 1.18 bits per heavy atom. The monoisotopic (exact) mass is 398 g/mol. The molecule has 3 aromatic rings. The highest BCUT2D eigenvalue weighted by Gasteiger charge is 2.14. The van der Waals surface area contributed by atoms with Crippen LogP contribution in [0.4, 0.5) is 4.39 Å². The average molecular weight is 399 g/mol. The number of halogens is 2. The Morgan fingerprint density at radius 3 is 2.64 bits per heavy atom. The van der Waals surface area contributed by atoms with E-state index in [0.29, 0.717) is 6.61 Å². The van der Waals surface area contributed by atoms with E-state index in [0.717, 1.165) is 16.9 Å². The van der Waals surface area contributed by atoms with Crippen molar-refractivity contribution in [1.29, 1.82) is 0 Å². The maximum absolute atomic E-state index is 13.8. The molecule has 0 bridgehead atoms. The van der Waals surface area contributed by atoms with Crippen LogP contribution in [0, 0.1) is 5.82 Å². The van der Waals surface area contributed by atoms with Gasteiger partial charge in [0.2, 0.25) is 5.91 Å². The number of aromatic nitrogens is 1. The lowest BCUT2D eigenvalue weighted by molar-refractivity contribution is -0.121. The van der Waals surface area contributed by atoms with Crippen LogP contribution in [0.15, 0.2) is 67.0 Å². The van der Waals surface area contributed by atoms with Gasteiger partial charge in [0.15, 0.2) is 0 Å². The van der Waals surface area contributed by atoms with Gasteiger partial charge in [-0.1, -0.05) is 35.9 Å². The fourth-order valence-electron chi connectivity index (χ4n) is 2.74. The Labute approximate surface area is 168 Å². The van der Waals surface area contributed by atoms with Crippen molar-refractivity contribution in [1.82, 2.24) is 10.3 Å². The number of amides is 1. The molecule has 4 nitrogen and oxygen atoms in total. The molecule has 3 rings (SSSR count). The van der Waals surface area contributed by atoms with E-state index in [4.69, 9.17) is 16.3 Å². The Kier molecular flexibility index (Phi) is 6.61. The normalized spacial score (nSPS) is 11.7. The molecule has 0 saturated carbocycles. The van der Waals surface area contributed by atoms with Crippen molar-refractivity contribution in [3.8, 4) is 5.75 Å². The van der Waals surface area contributed by atoms with Gasteiger partial charge in [-0.2, -0.15) is 0 Å². The summed E-state index contributed by atoms with van der Waals surface area (Å²) >= 11 is 5.98. The molecule has 1 unspecified atom stereocenters. The van der Waals surface area contributed by atoms with Gasteiger partial charge in [0.25, 0.3) is 0 Å². The highest BCUT2D eigenvalue weighted by Crippen LogP contribution is 2.21. The number of nitrogens with one attached hydrogen (secondary N) is 1. The predicted molar refractivity (Wildman–Crippen MR) is 107 cm³/mol. The lowest BCUT2D eigenvalue weighted by atomic mass is 10.1. The molecule has 144 valence electrons. The molecule has 1 amide bonds. The van der Waals surface area contributed by atoms with Gasteiger partial charge in [0.05, 0.1) is 12.5 Å². The van der Waals surface area contributed by atoms with Crippen LogP contribution >= 0.6 is 11.6 Å². The third-order valence-corrected chi connectivity index (χ3v) is 4.64. The summed E-state index contributed by atoms with van der Waals surface area (Å²) in [5.74, 6) is -0.0499. The summed E-state index contributed by atoms with van der Waals surface area (Å²) in [5, 5.41) is 3.11. The number of pyridine rings is 1. The van der Waals surface area contributed by atoms with Gasteiger partial charge in [-0.25, -0.2) is 4.39 Å². The summed E-state index contributed by atoms with van der Waals surface area (Å²) < 4.78 is 19.6. The van der Waals surface area contributed by atoms with Gasteiger partial charge in [-0.05, 0) is 42.8 Å². The summed E-state index contributed by atoms with van der Waals surface area (Å²) in [6.45, 7) is 2.30. The van der Waals surface area contributed by atoms with Gasteiger partial charge >= 0.3 is 0 Å². The maximum atomic E-state index is 13.8. The fraction of sp³-hybridized carbons (Fsp3) is 0.182. The Hall–Kier alpha value is -2.92. The van der Waals surface area contributed by atoms with E-state index in [1.807, 2.05) is 43.3 Å². The largest absolute Gasteiger partial charge is 0.489 e. The molecule has 2 aromatic carbocycles. The SMILES string of the molecule is CC(NC(=O)Cc1c(F)cccc1Cl)c1ccc(OCc2cccnc2)cc1. The number of carbonyl (C=O) groups excluding carboxylic acids is 1. The van der Waals surface area contributed by atoms with Crippen LogP contribution in [0.2, 0.25) is 5.02 Å². The maximum Gasteiger partial charge on any atom is 0.225 e. The van der Waals surface area contributed by atoms with E-state index >= 15 is 0 Å². The van der Waals surface area contributed by atoms with Gasteiger partial charge < -0.3 is 10.1 Å². The molecule has 0 aliphatic heterocycles. The highest BCUT2D eigenvalue weighted by atomic mass is 35.5. The van der Waals surface area contributed by atoms with Crippen LogP contribution in [0.1, 0.15) is 29.7 Å². The van der Waals surface area contributed by atoms with Crippen LogP contribution in [0.3, 0.4) is 0 Å². The quantitative estimate of drug-likeness (QED) is 0.617. The van der Waals surface area contributed by atoms with Gasteiger partial charge in [0.1, 0.15) is 18.2 Å². The van der Waals surface area contributed by atoms with Crippen molar-refractivity contribution in [3.05, 3.63) is 94.5 Å². The van der Waals surface area contributed by atoms with Gasteiger partial charge in [-0.3, -0.25) is 9.78 Å². The predicted octanol–water partition coefficient (Wildman–Crippen LogP) is 4.87. The molecule has 1 atom stereocenters. The second-order valence-corrected chi connectivity index (χ2v) is 6.79. The number of benzene rings is 2. The molecule has 0 saturated heterocycles. The Morgan fingerprint density at radius 2 is 1.96 bits per heavy atom. The molecule has 0 radical (unpaired) electrons. The van der Waals surface area contributed by atoms with Crippen LogP contribution in [-0.4, -0.2) is 10.9 Å². The minimum absolute atomic E-state index is 0.109. The summed E-state index contributed by atoms with van der Waals surface area (Å²) in [6, 6.07) is 15.4. The highest BCUT2D eigenvalue weighted by molar-refractivity contribution is 6.31. The topological polar surface area (TPSA) is 51.2 Å². The number of carbonyl (C=O) groups is 1. The van der Waals surface area contributed by atoms with Crippen molar-refractivity contribution in [3.63, 3.8) is 0 Å². The molecular weight excluding hydrogens is 379 g/mol. The summed E-state index contributed by atoms with van der Waals surface area (Å²) in [6.07, 6.45) is 3.37. The summed E-state index contributed by atoms with van der Waals surface area (Å²) in [7, 11) is 0. The molecule has 1 heterocycles. The zero-order valence-corrected chi connectivity index (χ0v) is 16.1. The minimum atomic E-state index is -0.481. The Balaban J connectivity index is 1.55. The molecule has 0 aliphatic carbocycles. The first kappa shape index (κ1) is 19.8. The van der Waals surface area contributed by atoms with Crippen LogP contribution in [0.5, 0.6) is 5.75 Å². The number of nitrogens with zero attached hydrogens (tertiary/aromatic N) is 1. The summed E-state index contributed by atoms with van der Waals surface area (Å²) in [4.78, 5) is 16.3. The number of rotatable bonds is 7. The van der Waals surface area contributed by atoms with E-state index in [1.165, 1.54) is 12.1 Å². The smallest absolute Gasteiger partial charge is 0.225 e. The molecule has 0 aliphatic rings. The van der Waals surface area contributed by atoms with Crippen molar-refractivity contribution in [2.45, 2.75) is 26.0 Å². The van der Waals surface area contributed by atoms with Gasteiger partial charge in [-0.15, -0.1) is 0 Å². The van der Waals surface area contributed by atoms with E-state index in [9.17, 15) is 9.18 Å². The second-order valence-electron chi connectivity index (χ2n) is 6.39. The Bertz CT molecular complexity index is 913. The van der Waals surface area contributed by atoms with Crippen LogP contribution in [0.25, 0.3) is 0 Å².